The number of carbonyl (C=O) groups excluding carboxylic acids is 1. The number of nitrogens with zero attached hydrogens (tertiary/aromatic N) is 2. The minimum Gasteiger partial charge on any atom is -0.374 e. The number of carbonyl (C=O) groups is 1. The summed E-state index contributed by atoms with van der Waals surface area (Å²) in [5.41, 5.74) is 1.20. The predicted molar refractivity (Wildman–Crippen MR) is 89.7 cm³/mol. The smallest absolute Gasteiger partial charge is 0.226 e. The monoisotopic (exact) mass is 334 g/mol. The summed E-state index contributed by atoms with van der Waals surface area (Å²) < 4.78 is 5.90. The minimum atomic E-state index is 0.124. The highest BCUT2D eigenvalue weighted by atomic mass is 35.5. The Hall–Kier alpha value is -1.10. The van der Waals surface area contributed by atoms with Crippen LogP contribution in [0.1, 0.15) is 24.3 Å². The number of hydrogen-bond donors (Lipinski definition) is 0. The van der Waals surface area contributed by atoms with E-state index in [4.69, 9.17) is 16.3 Å². The molecule has 1 amide bonds. The van der Waals surface area contributed by atoms with Gasteiger partial charge in [0.2, 0.25) is 5.91 Å². The molecule has 3 fully saturated rings. The summed E-state index contributed by atoms with van der Waals surface area (Å²) in [5.74, 6) is 0.770. The zero-order valence-corrected chi connectivity index (χ0v) is 14.2. The molecule has 0 bridgehead atoms. The molecule has 23 heavy (non-hydrogen) atoms. The van der Waals surface area contributed by atoms with Crippen molar-refractivity contribution in [3.8, 4) is 0 Å². The lowest BCUT2D eigenvalue weighted by Gasteiger charge is -2.46. The Morgan fingerprint density at radius 2 is 2.22 bits per heavy atom. The lowest BCUT2D eigenvalue weighted by molar-refractivity contribution is -0.153. The molecular weight excluding hydrogens is 312 g/mol. The zero-order valence-electron chi connectivity index (χ0n) is 13.5. The Labute approximate surface area is 142 Å². The van der Waals surface area contributed by atoms with Crippen LogP contribution in [0.5, 0.6) is 0 Å². The fourth-order valence-electron chi connectivity index (χ4n) is 4.09. The standard InChI is InChI=1S/C18H23ClN2O2/c1-20-6-5-17-16(11-20)21(7-8-23-17)18(22)15-10-14(15)12-3-2-4-13(19)9-12/h2-4,9,14-17H,5-8,10-11H2,1H3/t14-,15+,16-,17-/m0/s1. The minimum absolute atomic E-state index is 0.124. The van der Waals surface area contributed by atoms with E-state index in [1.807, 2.05) is 18.2 Å². The van der Waals surface area contributed by atoms with Crippen molar-refractivity contribution in [2.45, 2.75) is 30.9 Å². The highest BCUT2D eigenvalue weighted by molar-refractivity contribution is 6.30. The second-order valence-electron chi connectivity index (χ2n) is 7.06. The third-order valence-corrected chi connectivity index (χ3v) is 5.69. The number of halogens is 1. The summed E-state index contributed by atoms with van der Waals surface area (Å²) in [5, 5.41) is 0.751. The number of rotatable bonds is 2. The van der Waals surface area contributed by atoms with Gasteiger partial charge in [-0.1, -0.05) is 23.7 Å². The van der Waals surface area contributed by atoms with Crippen LogP contribution in [-0.4, -0.2) is 61.1 Å². The van der Waals surface area contributed by atoms with Crippen LogP contribution in [0.15, 0.2) is 24.3 Å². The number of amides is 1. The van der Waals surface area contributed by atoms with Gasteiger partial charge >= 0.3 is 0 Å². The molecular formula is C18H23ClN2O2. The van der Waals surface area contributed by atoms with Crippen LogP contribution in [0.4, 0.5) is 0 Å². The topological polar surface area (TPSA) is 32.8 Å². The van der Waals surface area contributed by atoms with Gasteiger partial charge in [0.25, 0.3) is 0 Å². The van der Waals surface area contributed by atoms with Crippen molar-refractivity contribution in [3.63, 3.8) is 0 Å². The third kappa shape index (κ3) is 3.00. The van der Waals surface area contributed by atoms with Crippen molar-refractivity contribution in [2.24, 2.45) is 5.92 Å². The molecule has 0 spiro atoms. The highest BCUT2D eigenvalue weighted by Gasteiger charge is 2.49. The van der Waals surface area contributed by atoms with E-state index in [-0.39, 0.29) is 18.1 Å². The summed E-state index contributed by atoms with van der Waals surface area (Å²) in [4.78, 5) is 17.4. The second-order valence-corrected chi connectivity index (χ2v) is 7.50. The molecule has 2 saturated heterocycles. The molecule has 0 N–H and O–H groups in total. The van der Waals surface area contributed by atoms with Gasteiger partial charge in [0.15, 0.2) is 0 Å². The number of fused-ring (bicyclic) bond motifs is 1. The molecule has 0 aromatic heterocycles. The largest absolute Gasteiger partial charge is 0.374 e. The highest BCUT2D eigenvalue weighted by Crippen LogP contribution is 2.49. The summed E-state index contributed by atoms with van der Waals surface area (Å²) in [6, 6.07) is 8.15. The first kappa shape index (κ1) is 15.4. The third-order valence-electron chi connectivity index (χ3n) is 5.46. The molecule has 1 saturated carbocycles. The van der Waals surface area contributed by atoms with Gasteiger partial charge in [-0.25, -0.2) is 0 Å². The molecule has 1 aromatic carbocycles. The molecule has 0 radical (unpaired) electrons. The van der Waals surface area contributed by atoms with Crippen LogP contribution in [0.25, 0.3) is 0 Å². The average molecular weight is 335 g/mol. The van der Waals surface area contributed by atoms with E-state index in [1.165, 1.54) is 5.56 Å². The van der Waals surface area contributed by atoms with E-state index in [9.17, 15) is 4.79 Å². The molecule has 4 nitrogen and oxygen atoms in total. The van der Waals surface area contributed by atoms with Gasteiger partial charge < -0.3 is 14.5 Å². The lowest BCUT2D eigenvalue weighted by Crippen LogP contribution is -2.61. The second kappa shape index (κ2) is 6.08. The SMILES string of the molecule is CN1CC[C@@H]2OCCN(C(=O)[C@@H]3C[C@H]3c3cccc(Cl)c3)[C@H]2C1. The number of benzene rings is 1. The van der Waals surface area contributed by atoms with E-state index < -0.39 is 0 Å². The Kier molecular flexibility index (Phi) is 4.08. The number of piperidine rings is 1. The van der Waals surface area contributed by atoms with Crippen LogP contribution in [0.3, 0.4) is 0 Å². The van der Waals surface area contributed by atoms with Gasteiger partial charge in [-0.3, -0.25) is 4.79 Å². The predicted octanol–water partition coefficient (Wildman–Crippen LogP) is 2.38. The molecule has 124 valence electrons. The lowest BCUT2D eigenvalue weighted by atomic mass is 9.98. The summed E-state index contributed by atoms with van der Waals surface area (Å²) in [6.07, 6.45) is 2.18. The number of ether oxygens (including phenoxy) is 1. The number of likely N-dealkylation sites (N-methyl/N-ethyl adjacent to an activating group) is 1. The molecule has 0 unspecified atom stereocenters. The molecule has 2 heterocycles. The molecule has 1 aromatic rings. The van der Waals surface area contributed by atoms with Crippen molar-refractivity contribution in [2.75, 3.05) is 33.3 Å². The summed E-state index contributed by atoms with van der Waals surface area (Å²) in [6.45, 7) is 3.38. The van der Waals surface area contributed by atoms with Gasteiger partial charge in [-0.2, -0.15) is 0 Å². The van der Waals surface area contributed by atoms with Gasteiger partial charge in [0.1, 0.15) is 0 Å². The Morgan fingerprint density at radius 1 is 1.35 bits per heavy atom. The number of hydrogen-bond acceptors (Lipinski definition) is 3. The Bertz CT molecular complexity index is 608. The maximum Gasteiger partial charge on any atom is 0.226 e. The van der Waals surface area contributed by atoms with Gasteiger partial charge in [-0.15, -0.1) is 0 Å². The molecule has 5 heteroatoms. The van der Waals surface area contributed by atoms with Crippen molar-refractivity contribution < 1.29 is 9.53 Å². The number of likely N-dealkylation sites (tertiary alicyclic amines) is 1. The van der Waals surface area contributed by atoms with Crippen LogP contribution in [0.2, 0.25) is 5.02 Å². The maximum absolute atomic E-state index is 13.0. The van der Waals surface area contributed by atoms with Crippen molar-refractivity contribution in [3.05, 3.63) is 34.9 Å². The molecule has 1 aliphatic carbocycles. The van der Waals surface area contributed by atoms with Crippen molar-refractivity contribution in [1.82, 2.24) is 9.80 Å². The van der Waals surface area contributed by atoms with E-state index in [2.05, 4.69) is 22.9 Å². The van der Waals surface area contributed by atoms with Crippen LogP contribution in [-0.2, 0) is 9.53 Å². The molecule has 4 rings (SSSR count). The fourth-order valence-corrected chi connectivity index (χ4v) is 4.29. The van der Waals surface area contributed by atoms with Gasteiger partial charge in [0, 0.05) is 30.6 Å². The first-order valence-electron chi connectivity index (χ1n) is 8.49. The van der Waals surface area contributed by atoms with Crippen molar-refractivity contribution >= 4 is 17.5 Å². The van der Waals surface area contributed by atoms with E-state index >= 15 is 0 Å². The molecule has 3 aliphatic rings. The van der Waals surface area contributed by atoms with E-state index in [0.717, 1.165) is 37.5 Å². The summed E-state index contributed by atoms with van der Waals surface area (Å²) >= 11 is 6.08. The maximum atomic E-state index is 13.0. The Morgan fingerprint density at radius 3 is 3.04 bits per heavy atom. The van der Waals surface area contributed by atoms with Gasteiger partial charge in [0.05, 0.1) is 18.8 Å². The van der Waals surface area contributed by atoms with Crippen LogP contribution >= 0.6 is 11.6 Å². The summed E-state index contributed by atoms with van der Waals surface area (Å²) in [7, 11) is 2.12. The fraction of sp³-hybridized carbons (Fsp3) is 0.611. The average Bonchev–Trinajstić information content (AvgIpc) is 3.34. The quantitative estimate of drug-likeness (QED) is 0.832. The van der Waals surface area contributed by atoms with Crippen molar-refractivity contribution in [1.29, 1.82) is 0 Å². The number of morpholine rings is 1. The normalized spacial score (nSPS) is 34.1. The van der Waals surface area contributed by atoms with E-state index in [0.29, 0.717) is 18.4 Å². The zero-order chi connectivity index (χ0) is 16.0. The molecule has 2 aliphatic heterocycles. The first-order valence-corrected chi connectivity index (χ1v) is 8.87. The Balaban J connectivity index is 1.47. The van der Waals surface area contributed by atoms with E-state index in [1.54, 1.807) is 0 Å². The molecule has 4 atom stereocenters. The van der Waals surface area contributed by atoms with Gasteiger partial charge in [-0.05, 0) is 43.5 Å². The first-order chi connectivity index (χ1) is 11.1. The van der Waals surface area contributed by atoms with Crippen LogP contribution < -0.4 is 0 Å². The van der Waals surface area contributed by atoms with Crippen LogP contribution in [0, 0.1) is 5.92 Å².